The molecular weight excluding hydrogens is 398 g/mol. The van der Waals surface area contributed by atoms with Gasteiger partial charge in [-0.2, -0.15) is 0 Å². The predicted molar refractivity (Wildman–Crippen MR) is 110 cm³/mol. The number of thiophene rings is 1. The van der Waals surface area contributed by atoms with E-state index < -0.39 is 10.0 Å². The highest BCUT2D eigenvalue weighted by Crippen LogP contribution is 2.26. The molecule has 0 aliphatic carbocycles. The minimum Gasteiger partial charge on any atom is -0.497 e. The van der Waals surface area contributed by atoms with Gasteiger partial charge in [0.1, 0.15) is 21.3 Å². The first-order chi connectivity index (χ1) is 13.5. The zero-order chi connectivity index (χ0) is 19.7. The Balaban J connectivity index is 1.65. The van der Waals surface area contributed by atoms with Crippen LogP contribution in [0, 0.1) is 0 Å². The van der Waals surface area contributed by atoms with Gasteiger partial charge in [-0.3, -0.25) is 9.52 Å². The Bertz CT molecular complexity index is 1290. The fraction of sp³-hybridized carbons (Fsp3) is 0.0500. The molecular formula is C20H15NO5S2. The highest BCUT2D eigenvalue weighted by atomic mass is 32.2. The van der Waals surface area contributed by atoms with Gasteiger partial charge in [0, 0.05) is 17.3 Å². The van der Waals surface area contributed by atoms with E-state index in [-0.39, 0.29) is 9.64 Å². The lowest BCUT2D eigenvalue weighted by Gasteiger charge is -2.08. The van der Waals surface area contributed by atoms with Crippen molar-refractivity contribution in [2.24, 2.45) is 0 Å². The number of benzene rings is 2. The Morgan fingerprint density at radius 3 is 2.50 bits per heavy atom. The van der Waals surface area contributed by atoms with Gasteiger partial charge in [-0.15, -0.1) is 11.3 Å². The summed E-state index contributed by atoms with van der Waals surface area (Å²) in [5, 5.41) is 2.14. The summed E-state index contributed by atoms with van der Waals surface area (Å²) in [7, 11) is -2.07. The summed E-state index contributed by atoms with van der Waals surface area (Å²) in [4.78, 5) is 12.4. The molecule has 8 heteroatoms. The number of anilines is 1. The second-order valence-electron chi connectivity index (χ2n) is 5.95. The number of ether oxygens (including phenoxy) is 1. The van der Waals surface area contributed by atoms with Gasteiger partial charge in [0.05, 0.1) is 12.5 Å². The molecule has 0 amide bonds. The molecule has 2 heterocycles. The highest BCUT2D eigenvalue weighted by molar-refractivity contribution is 7.94. The van der Waals surface area contributed by atoms with Gasteiger partial charge in [-0.05, 0) is 53.9 Å². The van der Waals surface area contributed by atoms with Gasteiger partial charge in [-0.1, -0.05) is 6.07 Å². The lowest BCUT2D eigenvalue weighted by atomic mass is 10.1. The molecule has 0 unspecified atom stereocenters. The SMILES string of the molecule is COc1ccc2oc(-c3ccc(NS(=O)(=O)c4cccs4)cc3)cc(=O)c2c1. The van der Waals surface area contributed by atoms with Crippen LogP contribution in [0.1, 0.15) is 0 Å². The van der Waals surface area contributed by atoms with Crippen LogP contribution in [0.25, 0.3) is 22.3 Å². The van der Waals surface area contributed by atoms with E-state index in [2.05, 4.69) is 4.72 Å². The summed E-state index contributed by atoms with van der Waals surface area (Å²) in [6, 6.07) is 16.3. The molecule has 0 atom stereocenters. The zero-order valence-electron chi connectivity index (χ0n) is 14.7. The highest BCUT2D eigenvalue weighted by Gasteiger charge is 2.15. The average Bonchev–Trinajstić information content (AvgIpc) is 3.24. The molecule has 6 nitrogen and oxygen atoms in total. The number of rotatable bonds is 5. The summed E-state index contributed by atoms with van der Waals surface area (Å²) in [6.07, 6.45) is 0. The van der Waals surface area contributed by atoms with E-state index in [1.54, 1.807) is 60.0 Å². The van der Waals surface area contributed by atoms with Crippen LogP contribution < -0.4 is 14.9 Å². The average molecular weight is 413 g/mol. The minimum absolute atomic E-state index is 0.183. The Labute approximate surface area is 165 Å². The quantitative estimate of drug-likeness (QED) is 0.526. The van der Waals surface area contributed by atoms with Crippen LogP contribution in [0.4, 0.5) is 5.69 Å². The standard InChI is InChI=1S/C20H15NO5S2/c1-25-15-8-9-18-16(11-15)17(22)12-19(26-18)13-4-6-14(7-5-13)21-28(23,24)20-3-2-10-27-20/h2-12,21H,1H3. The lowest BCUT2D eigenvalue weighted by Crippen LogP contribution is -2.11. The van der Waals surface area contributed by atoms with Crippen molar-refractivity contribution < 1.29 is 17.6 Å². The summed E-state index contributed by atoms with van der Waals surface area (Å²) in [5.74, 6) is 0.977. The van der Waals surface area contributed by atoms with Gasteiger partial charge in [0.2, 0.25) is 0 Å². The molecule has 2 aromatic carbocycles. The fourth-order valence-corrected chi connectivity index (χ4v) is 4.78. The first-order valence-electron chi connectivity index (χ1n) is 8.25. The van der Waals surface area contributed by atoms with Gasteiger partial charge >= 0.3 is 0 Å². The van der Waals surface area contributed by atoms with Gasteiger partial charge in [0.25, 0.3) is 10.0 Å². The zero-order valence-corrected chi connectivity index (χ0v) is 16.3. The van der Waals surface area contributed by atoms with Crippen LogP contribution in [0.15, 0.2) is 79.5 Å². The van der Waals surface area contributed by atoms with E-state index in [1.165, 1.54) is 13.2 Å². The maximum Gasteiger partial charge on any atom is 0.271 e. The molecule has 0 bridgehead atoms. The molecule has 4 aromatic rings. The van der Waals surface area contributed by atoms with Crippen LogP contribution in [0.2, 0.25) is 0 Å². The molecule has 142 valence electrons. The molecule has 0 aliphatic heterocycles. The number of hydrogen-bond acceptors (Lipinski definition) is 6. The van der Waals surface area contributed by atoms with Crippen molar-refractivity contribution in [3.05, 3.63) is 76.3 Å². The Morgan fingerprint density at radius 2 is 1.82 bits per heavy atom. The van der Waals surface area contributed by atoms with Crippen molar-refractivity contribution in [2.75, 3.05) is 11.8 Å². The molecule has 0 spiro atoms. The van der Waals surface area contributed by atoms with E-state index >= 15 is 0 Å². The summed E-state index contributed by atoms with van der Waals surface area (Å²) < 4.78 is 38.3. The van der Waals surface area contributed by atoms with Crippen molar-refractivity contribution in [3.8, 4) is 17.1 Å². The van der Waals surface area contributed by atoms with Crippen molar-refractivity contribution in [1.29, 1.82) is 0 Å². The lowest BCUT2D eigenvalue weighted by molar-refractivity contribution is 0.415. The Morgan fingerprint density at radius 1 is 1.04 bits per heavy atom. The van der Waals surface area contributed by atoms with Crippen LogP contribution in [-0.4, -0.2) is 15.5 Å². The van der Waals surface area contributed by atoms with Crippen molar-refractivity contribution in [1.82, 2.24) is 0 Å². The largest absolute Gasteiger partial charge is 0.497 e. The van der Waals surface area contributed by atoms with E-state index in [0.717, 1.165) is 11.3 Å². The van der Waals surface area contributed by atoms with Crippen molar-refractivity contribution in [2.45, 2.75) is 4.21 Å². The number of nitrogens with one attached hydrogen (secondary N) is 1. The number of methoxy groups -OCH3 is 1. The van der Waals surface area contributed by atoms with Crippen LogP contribution >= 0.6 is 11.3 Å². The third-order valence-electron chi connectivity index (χ3n) is 4.12. The normalized spacial score (nSPS) is 11.5. The van der Waals surface area contributed by atoms with Crippen LogP contribution in [0.3, 0.4) is 0 Å². The number of fused-ring (bicyclic) bond motifs is 1. The van der Waals surface area contributed by atoms with Gasteiger partial charge in [0.15, 0.2) is 5.43 Å². The molecule has 0 radical (unpaired) electrons. The van der Waals surface area contributed by atoms with E-state index in [9.17, 15) is 13.2 Å². The monoisotopic (exact) mass is 413 g/mol. The molecule has 0 saturated carbocycles. The summed E-state index contributed by atoms with van der Waals surface area (Å²) >= 11 is 1.15. The number of sulfonamides is 1. The predicted octanol–water partition coefficient (Wildman–Crippen LogP) is 4.33. The third kappa shape index (κ3) is 3.51. The van der Waals surface area contributed by atoms with E-state index in [1.807, 2.05) is 0 Å². The second kappa shape index (κ2) is 7.14. The number of hydrogen-bond donors (Lipinski definition) is 1. The van der Waals surface area contributed by atoms with Crippen LogP contribution in [0.5, 0.6) is 5.75 Å². The van der Waals surface area contributed by atoms with E-state index in [4.69, 9.17) is 9.15 Å². The molecule has 4 rings (SSSR count). The van der Waals surface area contributed by atoms with Crippen molar-refractivity contribution in [3.63, 3.8) is 0 Å². The van der Waals surface area contributed by atoms with Crippen LogP contribution in [-0.2, 0) is 10.0 Å². The first kappa shape index (κ1) is 18.3. The van der Waals surface area contributed by atoms with Gasteiger partial charge in [-0.25, -0.2) is 8.42 Å². The fourth-order valence-electron chi connectivity index (χ4n) is 2.73. The molecule has 0 fully saturated rings. The van der Waals surface area contributed by atoms with E-state index in [0.29, 0.717) is 33.7 Å². The first-order valence-corrected chi connectivity index (χ1v) is 10.6. The second-order valence-corrected chi connectivity index (χ2v) is 8.81. The molecule has 2 aromatic heterocycles. The summed E-state index contributed by atoms with van der Waals surface area (Å²) in [6.45, 7) is 0. The maximum atomic E-state index is 12.4. The molecule has 1 N–H and O–H groups in total. The molecule has 0 saturated heterocycles. The summed E-state index contributed by atoms with van der Waals surface area (Å²) in [5.41, 5.74) is 1.35. The topological polar surface area (TPSA) is 85.6 Å². The smallest absolute Gasteiger partial charge is 0.271 e. The minimum atomic E-state index is -3.61. The Kier molecular flexibility index (Phi) is 4.66. The van der Waals surface area contributed by atoms with Gasteiger partial charge < -0.3 is 9.15 Å². The third-order valence-corrected chi connectivity index (χ3v) is 6.89. The van der Waals surface area contributed by atoms with Crippen molar-refractivity contribution >= 4 is 38.0 Å². The Hall–Kier alpha value is -3.10. The maximum absolute atomic E-state index is 12.4. The molecule has 0 aliphatic rings. The molecule has 28 heavy (non-hydrogen) atoms.